The van der Waals surface area contributed by atoms with Crippen molar-refractivity contribution in [2.45, 2.75) is 6.54 Å². The van der Waals surface area contributed by atoms with E-state index in [1.54, 1.807) is 18.2 Å². The van der Waals surface area contributed by atoms with E-state index < -0.39 is 0 Å². The molecular weight excluding hydrogens is 293 g/mol. The van der Waals surface area contributed by atoms with Crippen LogP contribution in [0.2, 0.25) is 5.28 Å². The lowest BCUT2D eigenvalue weighted by atomic mass is 10.2. The minimum Gasteiger partial charge on any atom is -0.269 e. The summed E-state index contributed by atoms with van der Waals surface area (Å²) < 4.78 is 1.84. The van der Waals surface area contributed by atoms with Gasteiger partial charge in [0.1, 0.15) is 6.54 Å². The van der Waals surface area contributed by atoms with Gasteiger partial charge in [0.05, 0.1) is 17.0 Å². The van der Waals surface area contributed by atoms with E-state index in [1.165, 1.54) is 0 Å². The van der Waals surface area contributed by atoms with Crippen molar-refractivity contribution in [3.05, 3.63) is 38.3 Å². The summed E-state index contributed by atoms with van der Waals surface area (Å²) in [5, 5.41) is 9.05. The second-order valence-electron chi connectivity index (χ2n) is 3.07. The largest absolute Gasteiger partial charge is 0.269 e. The number of halogens is 2. The van der Waals surface area contributed by atoms with Crippen molar-refractivity contribution in [2.75, 3.05) is 0 Å². The lowest BCUT2D eigenvalue weighted by Gasteiger charge is -2.05. The van der Waals surface area contributed by atoms with Gasteiger partial charge in [-0.2, -0.15) is 5.26 Å². The third kappa shape index (κ3) is 1.70. The zero-order valence-electron chi connectivity index (χ0n) is 7.94. The van der Waals surface area contributed by atoms with Crippen LogP contribution in [0.5, 0.6) is 0 Å². The smallest absolute Gasteiger partial charge is 0.263 e. The molecule has 0 aliphatic heterocycles. The van der Waals surface area contributed by atoms with Crippen LogP contribution >= 0.6 is 27.5 Å². The molecule has 1 aromatic carbocycles. The average Bonchev–Trinajstić information content (AvgIpc) is 2.26. The number of nitrogens with zero attached hydrogens (tertiary/aromatic N) is 3. The molecule has 80 valence electrons. The predicted molar refractivity (Wildman–Crippen MR) is 64.3 cm³/mol. The van der Waals surface area contributed by atoms with Gasteiger partial charge in [-0.1, -0.05) is 6.07 Å². The van der Waals surface area contributed by atoms with Crippen molar-refractivity contribution in [1.29, 1.82) is 5.26 Å². The fourth-order valence-electron chi connectivity index (χ4n) is 1.39. The summed E-state index contributed by atoms with van der Waals surface area (Å²) in [5.74, 6) is 0. The van der Waals surface area contributed by atoms with Gasteiger partial charge >= 0.3 is 0 Å². The van der Waals surface area contributed by atoms with Gasteiger partial charge in [-0.15, -0.1) is 0 Å². The Hall–Kier alpha value is -1.38. The molecule has 0 atom stereocenters. The van der Waals surface area contributed by atoms with E-state index in [1.807, 2.05) is 6.07 Å². The normalized spacial score (nSPS) is 10.3. The van der Waals surface area contributed by atoms with Crippen LogP contribution in [-0.2, 0) is 6.54 Å². The van der Waals surface area contributed by atoms with Crippen LogP contribution in [0.25, 0.3) is 10.9 Å². The maximum atomic E-state index is 12.0. The highest BCUT2D eigenvalue weighted by Gasteiger charge is 2.10. The molecule has 0 aliphatic carbocycles. The fraction of sp³-hybridized carbons (Fsp3) is 0.100. The summed E-state index contributed by atoms with van der Waals surface area (Å²) >= 11 is 9.13. The number of aromatic nitrogens is 2. The molecule has 0 aliphatic rings. The van der Waals surface area contributed by atoms with Gasteiger partial charge in [-0.05, 0) is 39.7 Å². The van der Waals surface area contributed by atoms with Crippen LogP contribution < -0.4 is 5.56 Å². The summed E-state index contributed by atoms with van der Waals surface area (Å²) in [6.45, 7) is -0.104. The van der Waals surface area contributed by atoms with E-state index in [0.717, 1.165) is 4.57 Å². The van der Waals surface area contributed by atoms with Crippen LogP contribution in [-0.4, -0.2) is 9.55 Å². The molecule has 0 radical (unpaired) electrons. The quantitative estimate of drug-likeness (QED) is 0.759. The summed E-state index contributed by atoms with van der Waals surface area (Å²) in [6, 6.07) is 7.04. The van der Waals surface area contributed by atoms with Crippen molar-refractivity contribution >= 4 is 38.4 Å². The van der Waals surface area contributed by atoms with Crippen LogP contribution in [0.3, 0.4) is 0 Å². The SMILES string of the molecule is N#CCn1c(Cl)nc2c(Br)cccc2c1=O. The third-order valence-electron chi connectivity index (χ3n) is 2.12. The molecule has 1 aromatic heterocycles. The minimum atomic E-state index is -0.308. The molecule has 2 aromatic rings. The molecule has 16 heavy (non-hydrogen) atoms. The molecule has 6 heteroatoms. The van der Waals surface area contributed by atoms with Gasteiger partial charge in [0, 0.05) is 4.47 Å². The Kier molecular flexibility index (Phi) is 2.95. The molecule has 0 fully saturated rings. The van der Waals surface area contributed by atoms with Crippen molar-refractivity contribution < 1.29 is 0 Å². The van der Waals surface area contributed by atoms with Crippen LogP contribution in [0.1, 0.15) is 0 Å². The average molecular weight is 299 g/mol. The van der Waals surface area contributed by atoms with Gasteiger partial charge < -0.3 is 0 Å². The van der Waals surface area contributed by atoms with Crippen LogP contribution in [0.4, 0.5) is 0 Å². The Morgan fingerprint density at radius 1 is 1.56 bits per heavy atom. The lowest BCUT2D eigenvalue weighted by molar-refractivity contribution is 0.777. The van der Waals surface area contributed by atoms with E-state index in [4.69, 9.17) is 16.9 Å². The first-order chi connectivity index (χ1) is 7.65. The molecule has 0 amide bonds. The minimum absolute atomic E-state index is 0.0194. The van der Waals surface area contributed by atoms with E-state index >= 15 is 0 Å². The molecule has 2 rings (SSSR count). The summed E-state index contributed by atoms with van der Waals surface area (Å²) in [5.41, 5.74) is 0.199. The Morgan fingerprint density at radius 3 is 3.00 bits per heavy atom. The Morgan fingerprint density at radius 2 is 2.31 bits per heavy atom. The number of fused-ring (bicyclic) bond motifs is 1. The Labute approximate surface area is 104 Å². The Bertz CT molecular complexity index is 659. The maximum Gasteiger partial charge on any atom is 0.263 e. The standard InChI is InChI=1S/C10H5BrClN3O/c11-7-3-1-2-6-8(7)14-10(12)15(5-4-13)9(6)16/h1-3H,5H2. The van der Waals surface area contributed by atoms with E-state index in [0.29, 0.717) is 15.4 Å². The molecule has 0 unspecified atom stereocenters. The molecule has 4 nitrogen and oxygen atoms in total. The monoisotopic (exact) mass is 297 g/mol. The highest BCUT2D eigenvalue weighted by molar-refractivity contribution is 9.10. The summed E-state index contributed by atoms with van der Waals surface area (Å²) in [4.78, 5) is 16.0. The fourth-order valence-corrected chi connectivity index (χ4v) is 2.07. The second kappa shape index (κ2) is 4.24. The first kappa shape index (κ1) is 11.1. The molecule has 0 saturated heterocycles. The van der Waals surface area contributed by atoms with E-state index in [-0.39, 0.29) is 17.4 Å². The van der Waals surface area contributed by atoms with Gasteiger partial charge in [0.25, 0.3) is 5.56 Å². The highest BCUT2D eigenvalue weighted by Crippen LogP contribution is 2.20. The van der Waals surface area contributed by atoms with Gasteiger partial charge in [-0.3, -0.25) is 9.36 Å². The van der Waals surface area contributed by atoms with E-state index in [9.17, 15) is 4.79 Å². The summed E-state index contributed by atoms with van der Waals surface area (Å²) in [6.07, 6.45) is 0. The van der Waals surface area contributed by atoms with Gasteiger partial charge in [-0.25, -0.2) is 4.98 Å². The van der Waals surface area contributed by atoms with Crippen molar-refractivity contribution in [2.24, 2.45) is 0 Å². The predicted octanol–water partition coefficient (Wildman–Crippen LogP) is 2.34. The molecule has 0 N–H and O–H groups in total. The topological polar surface area (TPSA) is 58.7 Å². The zero-order chi connectivity index (χ0) is 11.7. The second-order valence-corrected chi connectivity index (χ2v) is 4.26. The first-order valence-electron chi connectivity index (χ1n) is 4.36. The molecule has 0 saturated carbocycles. The van der Waals surface area contributed by atoms with Crippen molar-refractivity contribution in [1.82, 2.24) is 9.55 Å². The van der Waals surface area contributed by atoms with Crippen LogP contribution in [0, 0.1) is 11.3 Å². The van der Waals surface area contributed by atoms with Gasteiger partial charge in [0.2, 0.25) is 5.28 Å². The Balaban J connectivity index is 2.91. The number of benzene rings is 1. The number of rotatable bonds is 1. The van der Waals surface area contributed by atoms with Crippen LogP contribution in [0.15, 0.2) is 27.5 Å². The number of para-hydroxylation sites is 1. The lowest BCUT2D eigenvalue weighted by Crippen LogP contribution is -2.21. The van der Waals surface area contributed by atoms with Crippen molar-refractivity contribution in [3.63, 3.8) is 0 Å². The molecular formula is C10H5BrClN3O. The number of nitriles is 1. The number of hydrogen-bond donors (Lipinski definition) is 0. The van der Waals surface area contributed by atoms with Gasteiger partial charge in [0.15, 0.2) is 0 Å². The highest BCUT2D eigenvalue weighted by atomic mass is 79.9. The van der Waals surface area contributed by atoms with Crippen molar-refractivity contribution in [3.8, 4) is 6.07 Å². The summed E-state index contributed by atoms with van der Waals surface area (Å²) in [7, 11) is 0. The molecule has 0 bridgehead atoms. The third-order valence-corrected chi connectivity index (χ3v) is 3.05. The number of hydrogen-bond acceptors (Lipinski definition) is 3. The van der Waals surface area contributed by atoms with E-state index in [2.05, 4.69) is 20.9 Å². The maximum absolute atomic E-state index is 12.0. The first-order valence-corrected chi connectivity index (χ1v) is 5.53. The molecule has 0 spiro atoms. The zero-order valence-corrected chi connectivity index (χ0v) is 10.3. The molecule has 1 heterocycles.